The Labute approximate surface area is 124 Å². The van der Waals surface area contributed by atoms with Crippen LogP contribution in [0.3, 0.4) is 0 Å². The Morgan fingerprint density at radius 3 is 2.71 bits per heavy atom. The summed E-state index contributed by atoms with van der Waals surface area (Å²) in [6, 6.07) is 5.49. The monoisotopic (exact) mass is 290 g/mol. The first-order chi connectivity index (χ1) is 9.82. The van der Waals surface area contributed by atoms with E-state index in [-0.39, 0.29) is 18.4 Å². The van der Waals surface area contributed by atoms with Crippen LogP contribution in [0.15, 0.2) is 18.2 Å². The Morgan fingerprint density at radius 2 is 2.14 bits per heavy atom. The Morgan fingerprint density at radius 1 is 1.43 bits per heavy atom. The van der Waals surface area contributed by atoms with Gasteiger partial charge >= 0.3 is 0 Å². The summed E-state index contributed by atoms with van der Waals surface area (Å²) in [5.74, 6) is -0.446. The number of hydrogen-bond acceptors (Lipinski definition) is 4. The fourth-order valence-electron chi connectivity index (χ4n) is 2.64. The van der Waals surface area contributed by atoms with Gasteiger partial charge in [-0.1, -0.05) is 12.1 Å². The Balaban J connectivity index is 1.96. The summed E-state index contributed by atoms with van der Waals surface area (Å²) in [5.41, 5.74) is 12.9. The molecule has 1 aromatic carbocycles. The lowest BCUT2D eigenvalue weighted by Crippen LogP contribution is -2.39. The number of benzene rings is 1. The maximum atomic E-state index is 12.1. The zero-order valence-electron chi connectivity index (χ0n) is 12.5. The molecule has 1 aliphatic heterocycles. The van der Waals surface area contributed by atoms with E-state index in [1.54, 1.807) is 6.07 Å². The molecule has 0 spiro atoms. The third-order valence-electron chi connectivity index (χ3n) is 4.08. The van der Waals surface area contributed by atoms with E-state index in [2.05, 4.69) is 5.32 Å². The number of nitrogens with one attached hydrogen (secondary N) is 1. The molecule has 6 heteroatoms. The molecule has 1 heterocycles. The molecular formula is C15H22N4O2. The largest absolute Gasteiger partial charge is 0.397 e. The lowest BCUT2D eigenvalue weighted by atomic mass is 9.89. The second-order valence-electron chi connectivity index (χ2n) is 5.97. The van der Waals surface area contributed by atoms with Crippen LogP contribution in [-0.2, 0) is 9.59 Å². The van der Waals surface area contributed by atoms with Gasteiger partial charge in [-0.15, -0.1) is 0 Å². The molecular weight excluding hydrogens is 268 g/mol. The minimum absolute atomic E-state index is 0.135. The fourth-order valence-corrected chi connectivity index (χ4v) is 2.64. The van der Waals surface area contributed by atoms with Gasteiger partial charge in [-0.05, 0) is 38.4 Å². The maximum Gasteiger partial charge on any atom is 0.238 e. The van der Waals surface area contributed by atoms with Gasteiger partial charge in [0, 0.05) is 6.54 Å². The van der Waals surface area contributed by atoms with E-state index in [9.17, 15) is 9.59 Å². The molecule has 1 atom stereocenters. The van der Waals surface area contributed by atoms with E-state index in [1.165, 1.54) is 0 Å². The topological polar surface area (TPSA) is 101 Å². The first-order valence-electron chi connectivity index (χ1n) is 6.99. The fraction of sp³-hybridized carbons (Fsp3) is 0.467. The van der Waals surface area contributed by atoms with Gasteiger partial charge in [-0.2, -0.15) is 0 Å². The lowest BCUT2D eigenvalue weighted by Gasteiger charge is -2.21. The van der Waals surface area contributed by atoms with Crippen molar-refractivity contribution in [2.45, 2.75) is 20.3 Å². The molecule has 1 fully saturated rings. The molecule has 21 heavy (non-hydrogen) atoms. The van der Waals surface area contributed by atoms with Gasteiger partial charge in [-0.3, -0.25) is 14.5 Å². The molecule has 6 nitrogen and oxygen atoms in total. The van der Waals surface area contributed by atoms with Crippen molar-refractivity contribution in [2.24, 2.45) is 11.1 Å². The van der Waals surface area contributed by atoms with Crippen LogP contribution in [0.5, 0.6) is 0 Å². The number of carbonyl (C=O) groups is 2. The first-order valence-corrected chi connectivity index (χ1v) is 6.99. The van der Waals surface area contributed by atoms with Gasteiger partial charge in [0.2, 0.25) is 11.8 Å². The average molecular weight is 290 g/mol. The van der Waals surface area contributed by atoms with Crippen LogP contribution in [-0.4, -0.2) is 36.3 Å². The average Bonchev–Trinajstić information content (AvgIpc) is 2.77. The number of anilines is 2. The van der Waals surface area contributed by atoms with E-state index >= 15 is 0 Å². The zero-order chi connectivity index (χ0) is 15.6. The van der Waals surface area contributed by atoms with Crippen molar-refractivity contribution < 1.29 is 9.59 Å². The van der Waals surface area contributed by atoms with Crippen molar-refractivity contribution in [1.29, 1.82) is 0 Å². The summed E-state index contributed by atoms with van der Waals surface area (Å²) in [7, 11) is 0. The van der Waals surface area contributed by atoms with Gasteiger partial charge in [0.05, 0.1) is 23.3 Å². The van der Waals surface area contributed by atoms with Crippen molar-refractivity contribution in [2.75, 3.05) is 30.7 Å². The summed E-state index contributed by atoms with van der Waals surface area (Å²) in [6.45, 7) is 5.17. The van der Waals surface area contributed by atoms with E-state index in [0.29, 0.717) is 30.9 Å². The van der Waals surface area contributed by atoms with Crippen LogP contribution >= 0.6 is 0 Å². The minimum atomic E-state index is -0.540. The molecule has 1 aliphatic rings. The number of likely N-dealkylation sites (tertiary alicyclic amines) is 1. The maximum absolute atomic E-state index is 12.1. The van der Waals surface area contributed by atoms with Gasteiger partial charge in [0.1, 0.15) is 0 Å². The van der Waals surface area contributed by atoms with Gasteiger partial charge in [-0.25, -0.2) is 0 Å². The number of nitrogens with zero attached hydrogens (tertiary/aromatic N) is 1. The second-order valence-corrected chi connectivity index (χ2v) is 5.97. The van der Waals surface area contributed by atoms with Crippen LogP contribution in [0.4, 0.5) is 11.4 Å². The highest BCUT2D eigenvalue weighted by atomic mass is 16.2. The SMILES string of the molecule is Cc1cccc(N)c1NC(=O)CN1CCC(C)(C(N)=O)C1. The Hall–Kier alpha value is -2.08. The lowest BCUT2D eigenvalue weighted by molar-refractivity contribution is -0.126. The summed E-state index contributed by atoms with van der Waals surface area (Å²) in [5, 5.41) is 2.84. The summed E-state index contributed by atoms with van der Waals surface area (Å²) in [4.78, 5) is 25.5. The number of amides is 2. The summed E-state index contributed by atoms with van der Waals surface area (Å²) < 4.78 is 0. The number of rotatable bonds is 4. The van der Waals surface area contributed by atoms with Crippen molar-refractivity contribution in [3.63, 3.8) is 0 Å². The van der Waals surface area contributed by atoms with Crippen molar-refractivity contribution >= 4 is 23.2 Å². The van der Waals surface area contributed by atoms with E-state index in [1.807, 2.05) is 30.9 Å². The smallest absolute Gasteiger partial charge is 0.238 e. The number of nitrogen functional groups attached to an aromatic ring is 1. The molecule has 0 bridgehead atoms. The summed E-state index contributed by atoms with van der Waals surface area (Å²) >= 11 is 0. The van der Waals surface area contributed by atoms with Crippen molar-refractivity contribution in [3.05, 3.63) is 23.8 Å². The molecule has 1 saturated heterocycles. The first kappa shape index (κ1) is 15.3. The Bertz CT molecular complexity index is 553. The molecule has 0 aromatic heterocycles. The number of hydrogen-bond donors (Lipinski definition) is 3. The third-order valence-corrected chi connectivity index (χ3v) is 4.08. The molecule has 0 aliphatic carbocycles. The highest BCUT2D eigenvalue weighted by molar-refractivity contribution is 5.96. The standard InChI is InChI=1S/C15H22N4O2/c1-10-4-3-5-11(16)13(10)18-12(20)8-19-7-6-15(2,9-19)14(17)21/h3-5H,6-9,16H2,1-2H3,(H2,17,21)(H,18,20). The normalized spacial score (nSPS) is 22.2. The number of nitrogens with two attached hydrogens (primary N) is 2. The number of aryl methyl sites for hydroxylation is 1. The van der Waals surface area contributed by atoms with Crippen molar-refractivity contribution in [3.8, 4) is 0 Å². The third kappa shape index (κ3) is 3.33. The van der Waals surface area contributed by atoms with Crippen molar-refractivity contribution in [1.82, 2.24) is 4.90 Å². The second kappa shape index (κ2) is 5.73. The highest BCUT2D eigenvalue weighted by Gasteiger charge is 2.39. The van der Waals surface area contributed by atoms with Gasteiger partial charge < -0.3 is 16.8 Å². The van der Waals surface area contributed by atoms with Crippen LogP contribution < -0.4 is 16.8 Å². The van der Waals surface area contributed by atoms with E-state index in [4.69, 9.17) is 11.5 Å². The minimum Gasteiger partial charge on any atom is -0.397 e. The highest BCUT2D eigenvalue weighted by Crippen LogP contribution is 2.29. The molecule has 2 amide bonds. The molecule has 1 unspecified atom stereocenters. The molecule has 114 valence electrons. The van der Waals surface area contributed by atoms with E-state index in [0.717, 1.165) is 5.56 Å². The summed E-state index contributed by atoms with van der Waals surface area (Å²) in [6.07, 6.45) is 0.683. The predicted molar refractivity (Wildman–Crippen MR) is 82.6 cm³/mol. The number of carbonyl (C=O) groups excluding carboxylic acids is 2. The molecule has 0 saturated carbocycles. The molecule has 1 aromatic rings. The van der Waals surface area contributed by atoms with E-state index < -0.39 is 5.41 Å². The number of para-hydroxylation sites is 1. The predicted octanol–water partition coefficient (Wildman–Crippen LogP) is 0.713. The zero-order valence-corrected chi connectivity index (χ0v) is 12.5. The van der Waals surface area contributed by atoms with Crippen LogP contribution in [0.25, 0.3) is 0 Å². The molecule has 0 radical (unpaired) electrons. The van der Waals surface area contributed by atoms with Gasteiger partial charge in [0.25, 0.3) is 0 Å². The van der Waals surface area contributed by atoms with Crippen LogP contribution in [0.1, 0.15) is 18.9 Å². The van der Waals surface area contributed by atoms with Gasteiger partial charge in [0.15, 0.2) is 0 Å². The number of primary amides is 1. The van der Waals surface area contributed by atoms with Crippen LogP contribution in [0.2, 0.25) is 0 Å². The van der Waals surface area contributed by atoms with Crippen LogP contribution in [0, 0.1) is 12.3 Å². The molecule has 2 rings (SSSR count). The molecule has 5 N–H and O–H groups in total. The quantitative estimate of drug-likeness (QED) is 0.711. The Kier molecular flexibility index (Phi) is 4.18.